The highest BCUT2D eigenvalue weighted by Gasteiger charge is 2.36. The molecule has 0 bridgehead atoms. The first-order valence-corrected chi connectivity index (χ1v) is 9.39. The van der Waals surface area contributed by atoms with Crippen molar-refractivity contribution in [2.24, 2.45) is 10.4 Å². The van der Waals surface area contributed by atoms with Crippen molar-refractivity contribution in [1.82, 2.24) is 5.16 Å². The number of aliphatic carboxylic acids is 1. The van der Waals surface area contributed by atoms with Crippen LogP contribution in [0.1, 0.15) is 67.8 Å². The zero-order valence-corrected chi connectivity index (χ0v) is 16.1. The maximum atomic E-state index is 12.5. The number of hydrogen-bond acceptors (Lipinski definition) is 7. The Morgan fingerprint density at radius 3 is 2.64 bits per heavy atom. The van der Waals surface area contributed by atoms with E-state index in [1.54, 1.807) is 0 Å². The van der Waals surface area contributed by atoms with Gasteiger partial charge in [0, 0.05) is 25.7 Å². The van der Waals surface area contributed by atoms with E-state index >= 15 is 0 Å². The molecule has 8 nitrogen and oxygen atoms in total. The molecule has 0 radical (unpaired) electrons. The van der Waals surface area contributed by atoms with E-state index in [1.165, 1.54) is 0 Å². The lowest BCUT2D eigenvalue weighted by atomic mass is 9.76. The summed E-state index contributed by atoms with van der Waals surface area (Å²) in [6.45, 7) is 3.50. The van der Waals surface area contributed by atoms with Crippen molar-refractivity contribution in [3.63, 3.8) is 0 Å². The fourth-order valence-electron chi connectivity index (χ4n) is 3.83. The van der Waals surface area contributed by atoms with Crippen LogP contribution in [0.25, 0.3) is 0 Å². The molecule has 0 aromatic carbocycles. The molecule has 1 aromatic heterocycles. The summed E-state index contributed by atoms with van der Waals surface area (Å²) >= 11 is 0. The van der Waals surface area contributed by atoms with Crippen LogP contribution in [0.15, 0.2) is 20.8 Å². The Kier molecular flexibility index (Phi) is 5.49. The van der Waals surface area contributed by atoms with Crippen LogP contribution in [0.2, 0.25) is 0 Å². The summed E-state index contributed by atoms with van der Waals surface area (Å²) in [4.78, 5) is 39.8. The fourth-order valence-corrected chi connectivity index (χ4v) is 3.83. The molecule has 2 N–H and O–H groups in total. The van der Waals surface area contributed by atoms with Crippen LogP contribution in [0.4, 0.5) is 0 Å². The second-order valence-corrected chi connectivity index (χ2v) is 8.12. The first-order chi connectivity index (χ1) is 13.2. The van der Waals surface area contributed by atoms with E-state index in [1.807, 2.05) is 13.8 Å². The number of allylic oxidation sites excluding steroid dienone is 2. The highest BCUT2D eigenvalue weighted by molar-refractivity contribution is 6.23. The Labute approximate surface area is 162 Å². The van der Waals surface area contributed by atoms with Gasteiger partial charge < -0.3 is 14.7 Å². The molecule has 0 aliphatic heterocycles. The third-order valence-electron chi connectivity index (χ3n) is 5.07. The van der Waals surface area contributed by atoms with E-state index in [-0.39, 0.29) is 46.9 Å². The number of aryl methyl sites for hydroxylation is 1. The lowest BCUT2D eigenvalue weighted by Crippen LogP contribution is -2.26. The molecular weight excluding hydrogens is 364 g/mol. The van der Waals surface area contributed by atoms with Gasteiger partial charge in [0.15, 0.2) is 11.6 Å². The van der Waals surface area contributed by atoms with Gasteiger partial charge in [-0.1, -0.05) is 19.0 Å². The summed E-state index contributed by atoms with van der Waals surface area (Å²) in [5.41, 5.74) is 1.15. The van der Waals surface area contributed by atoms with Crippen LogP contribution in [-0.4, -0.2) is 45.2 Å². The van der Waals surface area contributed by atoms with Crippen LogP contribution in [-0.2, 0) is 22.4 Å². The van der Waals surface area contributed by atoms with Gasteiger partial charge in [-0.2, -0.15) is 0 Å². The zero-order valence-electron chi connectivity index (χ0n) is 16.1. The van der Waals surface area contributed by atoms with Crippen molar-refractivity contribution in [3.05, 3.63) is 28.3 Å². The number of carboxylic acids is 1. The molecule has 0 fully saturated rings. The highest BCUT2D eigenvalue weighted by atomic mass is 16.5. The molecule has 28 heavy (non-hydrogen) atoms. The number of carbonyl (C=O) groups excluding carboxylic acids is 2. The van der Waals surface area contributed by atoms with Crippen molar-refractivity contribution < 1.29 is 29.1 Å². The summed E-state index contributed by atoms with van der Waals surface area (Å²) in [5.74, 6) is -0.885. The smallest absolute Gasteiger partial charge is 0.325 e. The van der Waals surface area contributed by atoms with E-state index < -0.39 is 12.5 Å². The summed E-state index contributed by atoms with van der Waals surface area (Å²) in [7, 11) is 0. The Morgan fingerprint density at radius 1 is 1.21 bits per heavy atom. The predicted octanol–water partition coefficient (Wildman–Crippen LogP) is 2.85. The average Bonchev–Trinajstić information content (AvgIpc) is 2.98. The number of aromatic nitrogens is 1. The summed E-state index contributed by atoms with van der Waals surface area (Å²) < 4.78 is 5.38. The van der Waals surface area contributed by atoms with Crippen molar-refractivity contribution in [2.45, 2.75) is 58.8 Å². The number of carboxylic acid groups (broad SMARTS) is 1. The third-order valence-corrected chi connectivity index (χ3v) is 5.07. The van der Waals surface area contributed by atoms with Crippen molar-refractivity contribution >= 4 is 23.2 Å². The summed E-state index contributed by atoms with van der Waals surface area (Å²) in [6, 6.07) is 0. The van der Waals surface area contributed by atoms with Crippen LogP contribution < -0.4 is 0 Å². The number of Topliss-reactive ketones (excluding diaryl/α,β-unsaturated/α-hetero) is 2. The van der Waals surface area contributed by atoms with E-state index in [4.69, 9.17) is 9.63 Å². The second kappa shape index (κ2) is 7.69. The van der Waals surface area contributed by atoms with Gasteiger partial charge >= 0.3 is 5.97 Å². The molecule has 2 aliphatic rings. The molecule has 3 rings (SSSR count). The largest absolute Gasteiger partial charge is 0.511 e. The number of carbonyl (C=O) groups is 3. The Morgan fingerprint density at radius 2 is 1.96 bits per heavy atom. The zero-order chi connectivity index (χ0) is 20.5. The molecule has 0 atom stereocenters. The Balaban J connectivity index is 1.85. The number of aliphatic hydroxyl groups excluding tert-OH is 1. The van der Waals surface area contributed by atoms with Crippen LogP contribution in [0.5, 0.6) is 0 Å². The minimum atomic E-state index is -1.13. The van der Waals surface area contributed by atoms with Gasteiger partial charge in [0.05, 0.1) is 22.5 Å². The first-order valence-electron chi connectivity index (χ1n) is 9.39. The van der Waals surface area contributed by atoms with E-state index in [2.05, 4.69) is 10.1 Å². The quantitative estimate of drug-likeness (QED) is 0.717. The maximum absolute atomic E-state index is 12.5. The third kappa shape index (κ3) is 4.21. The lowest BCUT2D eigenvalue weighted by Gasteiger charge is -2.26. The Hall–Kier alpha value is -2.77. The number of nitrogens with zero attached hydrogens (tertiary/aromatic N) is 2. The van der Waals surface area contributed by atoms with Crippen molar-refractivity contribution in [3.8, 4) is 0 Å². The van der Waals surface area contributed by atoms with Gasteiger partial charge in [-0.15, -0.1) is 0 Å². The maximum Gasteiger partial charge on any atom is 0.325 e. The van der Waals surface area contributed by atoms with Gasteiger partial charge in [0.2, 0.25) is 0 Å². The number of hydrogen-bond donors (Lipinski definition) is 2. The average molecular weight is 388 g/mol. The minimum absolute atomic E-state index is 0.0256. The summed E-state index contributed by atoms with van der Waals surface area (Å²) in [6.07, 6.45) is 2.69. The molecule has 0 spiro atoms. The second-order valence-electron chi connectivity index (χ2n) is 8.12. The van der Waals surface area contributed by atoms with Crippen LogP contribution in [0, 0.1) is 5.41 Å². The van der Waals surface area contributed by atoms with E-state index in [0.29, 0.717) is 49.1 Å². The molecule has 0 unspecified atom stereocenters. The number of ketones is 2. The molecular formula is C20H24N2O6. The predicted molar refractivity (Wildman–Crippen MR) is 99.7 cm³/mol. The standard InChI is InChI=1S/C20H24N2O6/c1-20(2)8-15(25)19-12(22-28-16(19)9-20)7-6-11(21-10-17(26)27)18-13(23)4-3-5-14(18)24/h23H,3-10H2,1-2H3,(H,26,27). The summed E-state index contributed by atoms with van der Waals surface area (Å²) in [5, 5.41) is 23.1. The van der Waals surface area contributed by atoms with E-state index in [0.717, 1.165) is 0 Å². The number of aliphatic imine (C=N–C) groups is 1. The SMILES string of the molecule is CC1(C)CC(=O)c2c(CCC(=NCC(=O)O)C3=C(O)CCCC3=O)noc2C1. The molecule has 150 valence electrons. The van der Waals surface area contributed by atoms with Crippen LogP contribution in [0.3, 0.4) is 0 Å². The van der Waals surface area contributed by atoms with Gasteiger partial charge in [-0.25, -0.2) is 0 Å². The van der Waals surface area contributed by atoms with Gasteiger partial charge in [-0.3, -0.25) is 19.4 Å². The topological polar surface area (TPSA) is 130 Å². The number of rotatable bonds is 6. The van der Waals surface area contributed by atoms with Gasteiger partial charge in [-0.05, 0) is 24.7 Å². The molecule has 0 amide bonds. The molecule has 2 aliphatic carbocycles. The lowest BCUT2D eigenvalue weighted by molar-refractivity contribution is -0.135. The molecule has 0 saturated heterocycles. The van der Waals surface area contributed by atoms with Gasteiger partial charge in [0.25, 0.3) is 0 Å². The normalized spacial score (nSPS) is 19.7. The van der Waals surface area contributed by atoms with Gasteiger partial charge in [0.1, 0.15) is 18.1 Å². The highest BCUT2D eigenvalue weighted by Crippen LogP contribution is 2.36. The first kappa shape index (κ1) is 20.0. The molecule has 1 aromatic rings. The van der Waals surface area contributed by atoms with E-state index in [9.17, 15) is 19.5 Å². The molecule has 1 heterocycles. The fraction of sp³-hybridized carbons (Fsp3) is 0.550. The molecule has 0 saturated carbocycles. The number of fused-ring (bicyclic) bond motifs is 1. The van der Waals surface area contributed by atoms with Crippen molar-refractivity contribution in [2.75, 3.05) is 6.54 Å². The number of aliphatic hydroxyl groups is 1. The minimum Gasteiger partial charge on any atom is -0.511 e. The molecule has 8 heteroatoms. The van der Waals surface area contributed by atoms with Crippen molar-refractivity contribution in [1.29, 1.82) is 0 Å². The monoisotopic (exact) mass is 388 g/mol. The Bertz CT molecular complexity index is 891. The van der Waals surface area contributed by atoms with Crippen LogP contribution >= 0.6 is 0 Å².